The van der Waals surface area contributed by atoms with Crippen molar-refractivity contribution in [3.63, 3.8) is 0 Å². The molecular formula is C18H27ClN6O. The van der Waals surface area contributed by atoms with Gasteiger partial charge < -0.3 is 10.2 Å². The number of likely N-dealkylation sites (tertiary alicyclic amines) is 1. The normalized spacial score (nSPS) is 16.4. The van der Waals surface area contributed by atoms with Gasteiger partial charge in [-0.25, -0.2) is 0 Å². The summed E-state index contributed by atoms with van der Waals surface area (Å²) in [4.78, 5) is 16.5. The Morgan fingerprint density at radius 3 is 2.42 bits per heavy atom. The van der Waals surface area contributed by atoms with E-state index in [-0.39, 0.29) is 24.2 Å². The van der Waals surface area contributed by atoms with Crippen molar-refractivity contribution in [1.82, 2.24) is 30.4 Å². The van der Waals surface area contributed by atoms with E-state index in [9.17, 15) is 4.79 Å². The third kappa shape index (κ3) is 4.40. The van der Waals surface area contributed by atoms with E-state index in [1.165, 1.54) is 4.80 Å². The van der Waals surface area contributed by atoms with Crippen LogP contribution in [-0.2, 0) is 4.79 Å². The van der Waals surface area contributed by atoms with Gasteiger partial charge in [0.1, 0.15) is 0 Å². The molecule has 7 nitrogen and oxygen atoms in total. The van der Waals surface area contributed by atoms with Crippen LogP contribution in [0.2, 0.25) is 0 Å². The summed E-state index contributed by atoms with van der Waals surface area (Å²) in [6, 6.07) is 9.78. The molecule has 1 aromatic carbocycles. The minimum Gasteiger partial charge on any atom is -0.341 e. The van der Waals surface area contributed by atoms with Crippen molar-refractivity contribution in [2.75, 3.05) is 20.1 Å². The molecule has 0 saturated carbocycles. The van der Waals surface area contributed by atoms with Gasteiger partial charge in [0.15, 0.2) is 6.04 Å². The zero-order valence-electron chi connectivity index (χ0n) is 15.5. The molecule has 1 aliphatic heterocycles. The Morgan fingerprint density at radius 1 is 1.19 bits per heavy atom. The van der Waals surface area contributed by atoms with Crippen LogP contribution in [0, 0.1) is 5.92 Å². The van der Waals surface area contributed by atoms with Crippen LogP contribution in [-0.4, -0.2) is 57.2 Å². The number of nitrogens with zero attached hydrogens (tertiary/aromatic N) is 5. The van der Waals surface area contributed by atoms with Crippen molar-refractivity contribution < 1.29 is 4.79 Å². The second-order valence-corrected chi connectivity index (χ2v) is 6.88. The smallest absolute Gasteiger partial charge is 0.249 e. The van der Waals surface area contributed by atoms with Crippen LogP contribution < -0.4 is 5.32 Å². The highest BCUT2D eigenvalue weighted by Crippen LogP contribution is 2.23. The molecule has 0 spiro atoms. The number of piperidine rings is 1. The average molecular weight is 379 g/mol. The van der Waals surface area contributed by atoms with Gasteiger partial charge in [0.2, 0.25) is 11.7 Å². The Hall–Kier alpha value is -1.99. The topological polar surface area (TPSA) is 75.9 Å². The lowest BCUT2D eigenvalue weighted by atomic mass is 10.00. The second-order valence-electron chi connectivity index (χ2n) is 6.88. The molecule has 1 aromatic heterocycles. The summed E-state index contributed by atoms with van der Waals surface area (Å²) in [5.74, 6) is 0.724. The number of amides is 1. The highest BCUT2D eigenvalue weighted by atomic mass is 35.5. The predicted molar refractivity (Wildman–Crippen MR) is 103 cm³/mol. The summed E-state index contributed by atoms with van der Waals surface area (Å²) in [6.45, 7) is 5.59. The molecule has 1 atom stereocenters. The molecule has 1 fully saturated rings. The van der Waals surface area contributed by atoms with Gasteiger partial charge >= 0.3 is 0 Å². The standard InChI is InChI=1S/C18H26N6O.ClH/c1-13(2)16(18(25)23-11-9-15(19-3)10-12-23)24-21-17(20-22-24)14-7-5-4-6-8-14;/h4-8,13,15-16,19H,9-12H2,1-3H3;1H. The largest absolute Gasteiger partial charge is 0.341 e. The third-order valence-corrected chi connectivity index (χ3v) is 4.81. The summed E-state index contributed by atoms with van der Waals surface area (Å²) >= 11 is 0. The number of hydrogen-bond donors (Lipinski definition) is 1. The van der Waals surface area contributed by atoms with Gasteiger partial charge in [-0.3, -0.25) is 4.79 Å². The minimum atomic E-state index is -0.420. The van der Waals surface area contributed by atoms with Crippen LogP contribution in [0.15, 0.2) is 30.3 Å². The first-order valence-corrected chi connectivity index (χ1v) is 8.91. The molecule has 1 amide bonds. The lowest BCUT2D eigenvalue weighted by Gasteiger charge is -2.34. The number of halogens is 1. The van der Waals surface area contributed by atoms with Gasteiger partial charge in [-0.05, 0) is 31.0 Å². The first-order chi connectivity index (χ1) is 12.1. The molecular weight excluding hydrogens is 352 g/mol. The van der Waals surface area contributed by atoms with E-state index in [4.69, 9.17) is 0 Å². The number of hydrogen-bond acceptors (Lipinski definition) is 5. The van der Waals surface area contributed by atoms with Gasteiger partial charge in [0.25, 0.3) is 0 Å². The lowest BCUT2D eigenvalue weighted by Crippen LogP contribution is -2.47. The van der Waals surface area contributed by atoms with E-state index in [1.807, 2.05) is 56.1 Å². The van der Waals surface area contributed by atoms with Crippen molar-refractivity contribution in [2.45, 2.75) is 38.8 Å². The second kappa shape index (κ2) is 9.09. The molecule has 142 valence electrons. The maximum absolute atomic E-state index is 13.1. The van der Waals surface area contributed by atoms with Crippen molar-refractivity contribution in [3.8, 4) is 11.4 Å². The highest BCUT2D eigenvalue weighted by molar-refractivity contribution is 5.85. The Kier molecular flexibility index (Phi) is 7.11. The van der Waals surface area contributed by atoms with Crippen LogP contribution >= 0.6 is 12.4 Å². The molecule has 3 rings (SSSR count). The van der Waals surface area contributed by atoms with E-state index in [2.05, 4.69) is 20.7 Å². The van der Waals surface area contributed by atoms with Gasteiger partial charge in [-0.15, -0.1) is 22.6 Å². The monoisotopic (exact) mass is 378 g/mol. The zero-order chi connectivity index (χ0) is 17.8. The van der Waals surface area contributed by atoms with Crippen molar-refractivity contribution in [2.24, 2.45) is 5.92 Å². The zero-order valence-corrected chi connectivity index (χ0v) is 16.3. The minimum absolute atomic E-state index is 0. The number of carbonyl (C=O) groups is 1. The van der Waals surface area contributed by atoms with Gasteiger partial charge in [0, 0.05) is 24.7 Å². The van der Waals surface area contributed by atoms with Gasteiger partial charge in [0.05, 0.1) is 0 Å². The summed E-state index contributed by atoms with van der Waals surface area (Å²) in [6.07, 6.45) is 1.96. The average Bonchev–Trinajstić information content (AvgIpc) is 3.12. The molecule has 1 saturated heterocycles. The molecule has 26 heavy (non-hydrogen) atoms. The van der Waals surface area contributed by atoms with Crippen LogP contribution in [0.4, 0.5) is 0 Å². The fourth-order valence-corrected chi connectivity index (χ4v) is 3.27. The van der Waals surface area contributed by atoms with Crippen LogP contribution in [0.1, 0.15) is 32.7 Å². The highest BCUT2D eigenvalue weighted by Gasteiger charge is 2.33. The number of rotatable bonds is 5. The summed E-state index contributed by atoms with van der Waals surface area (Å²) in [7, 11) is 1.98. The maximum Gasteiger partial charge on any atom is 0.249 e. The van der Waals surface area contributed by atoms with Crippen LogP contribution in [0.3, 0.4) is 0 Å². The first kappa shape index (κ1) is 20.3. The predicted octanol–water partition coefficient (Wildman–Crippen LogP) is 2.17. The molecule has 0 bridgehead atoms. The lowest BCUT2D eigenvalue weighted by molar-refractivity contribution is -0.138. The Bertz CT molecular complexity index is 697. The quantitative estimate of drug-likeness (QED) is 0.862. The SMILES string of the molecule is CNC1CCN(C(=O)C(C(C)C)n2nnc(-c3ccccc3)n2)CC1.Cl. The Balaban J connectivity index is 0.00000243. The molecule has 0 radical (unpaired) electrons. The van der Waals surface area contributed by atoms with E-state index in [0.29, 0.717) is 11.9 Å². The van der Waals surface area contributed by atoms with E-state index in [0.717, 1.165) is 31.5 Å². The molecule has 2 heterocycles. The van der Waals surface area contributed by atoms with Crippen molar-refractivity contribution in [1.29, 1.82) is 0 Å². The summed E-state index contributed by atoms with van der Waals surface area (Å²) in [5.41, 5.74) is 0.901. The van der Waals surface area contributed by atoms with Gasteiger partial charge in [-0.1, -0.05) is 44.2 Å². The molecule has 1 N–H and O–H groups in total. The summed E-state index contributed by atoms with van der Waals surface area (Å²) in [5, 5.41) is 16.1. The number of aromatic nitrogens is 4. The number of benzene rings is 1. The van der Waals surface area contributed by atoms with Gasteiger partial charge in [-0.2, -0.15) is 4.80 Å². The Labute approximate surface area is 160 Å². The number of tetrazole rings is 1. The van der Waals surface area contributed by atoms with E-state index < -0.39 is 6.04 Å². The number of carbonyl (C=O) groups excluding carboxylic acids is 1. The maximum atomic E-state index is 13.1. The third-order valence-electron chi connectivity index (χ3n) is 4.81. The van der Waals surface area contributed by atoms with Crippen LogP contribution in [0.25, 0.3) is 11.4 Å². The fourth-order valence-electron chi connectivity index (χ4n) is 3.27. The van der Waals surface area contributed by atoms with Crippen molar-refractivity contribution in [3.05, 3.63) is 30.3 Å². The van der Waals surface area contributed by atoms with E-state index in [1.54, 1.807) is 0 Å². The summed E-state index contributed by atoms with van der Waals surface area (Å²) < 4.78 is 0. The molecule has 1 unspecified atom stereocenters. The molecule has 8 heteroatoms. The number of nitrogens with one attached hydrogen (secondary N) is 1. The van der Waals surface area contributed by atoms with E-state index >= 15 is 0 Å². The molecule has 0 aliphatic carbocycles. The fraction of sp³-hybridized carbons (Fsp3) is 0.556. The molecule has 2 aromatic rings. The molecule has 1 aliphatic rings. The Morgan fingerprint density at radius 2 is 1.85 bits per heavy atom. The first-order valence-electron chi connectivity index (χ1n) is 8.91. The van der Waals surface area contributed by atoms with Crippen LogP contribution in [0.5, 0.6) is 0 Å². The van der Waals surface area contributed by atoms with Crippen molar-refractivity contribution >= 4 is 18.3 Å².